The second kappa shape index (κ2) is 11.0. The third-order valence-corrected chi connectivity index (χ3v) is 6.87. The van der Waals surface area contributed by atoms with Crippen molar-refractivity contribution < 1.29 is 9.59 Å². The number of nitrogens with one attached hydrogen (secondary N) is 1. The Kier molecular flexibility index (Phi) is 7.23. The number of carbonyl (C=O) groups excluding carboxylic acids is 2. The number of hydrogen-bond acceptors (Lipinski definition) is 2. The molecule has 0 spiro atoms. The zero-order valence-corrected chi connectivity index (χ0v) is 20.2. The van der Waals surface area contributed by atoms with Crippen LogP contribution < -0.4 is 5.32 Å². The summed E-state index contributed by atoms with van der Waals surface area (Å²) in [5.74, 6) is -0.707. The fourth-order valence-electron chi connectivity index (χ4n) is 5.00. The number of nitrogens with zero attached hydrogens (tertiary/aromatic N) is 1. The van der Waals surface area contributed by atoms with Gasteiger partial charge in [0.15, 0.2) is 0 Å². The van der Waals surface area contributed by atoms with Crippen molar-refractivity contribution in [2.75, 3.05) is 6.54 Å². The summed E-state index contributed by atoms with van der Waals surface area (Å²) in [6.07, 6.45) is 1.27. The average molecular weight is 475 g/mol. The minimum Gasteiger partial charge on any atom is -0.343 e. The first-order chi connectivity index (χ1) is 17.7. The maximum atomic E-state index is 13.9. The van der Waals surface area contributed by atoms with Crippen LogP contribution in [0.4, 0.5) is 0 Å². The molecule has 0 saturated heterocycles. The highest BCUT2D eigenvalue weighted by molar-refractivity contribution is 5.92. The van der Waals surface area contributed by atoms with Gasteiger partial charge >= 0.3 is 0 Å². The predicted octanol–water partition coefficient (Wildman–Crippen LogP) is 5.13. The van der Waals surface area contributed by atoms with Gasteiger partial charge < -0.3 is 10.2 Å². The highest BCUT2D eigenvalue weighted by Crippen LogP contribution is 2.26. The molecule has 4 heteroatoms. The molecule has 0 aromatic heterocycles. The number of amides is 2. The van der Waals surface area contributed by atoms with Crippen LogP contribution in [-0.4, -0.2) is 29.3 Å². The molecular formula is C32H30N2O2. The molecule has 2 amide bonds. The van der Waals surface area contributed by atoms with Crippen molar-refractivity contribution in [2.24, 2.45) is 0 Å². The van der Waals surface area contributed by atoms with Gasteiger partial charge in [0, 0.05) is 19.5 Å². The van der Waals surface area contributed by atoms with Gasteiger partial charge in [-0.2, -0.15) is 0 Å². The van der Waals surface area contributed by atoms with E-state index in [1.807, 2.05) is 108 Å². The number of carbonyl (C=O) groups is 2. The van der Waals surface area contributed by atoms with Crippen LogP contribution in [0.2, 0.25) is 0 Å². The third kappa shape index (κ3) is 5.38. The number of benzene rings is 4. The van der Waals surface area contributed by atoms with Crippen molar-refractivity contribution in [1.29, 1.82) is 0 Å². The third-order valence-electron chi connectivity index (χ3n) is 6.87. The number of hydrogen-bond donors (Lipinski definition) is 1. The second-order valence-corrected chi connectivity index (χ2v) is 9.28. The Labute approximate surface area is 212 Å². The highest BCUT2D eigenvalue weighted by atomic mass is 16.2. The molecule has 5 rings (SSSR count). The summed E-state index contributed by atoms with van der Waals surface area (Å²) in [4.78, 5) is 29.6. The maximum absolute atomic E-state index is 13.9. The molecule has 1 aliphatic rings. The van der Waals surface area contributed by atoms with E-state index < -0.39 is 12.0 Å². The van der Waals surface area contributed by atoms with Crippen molar-refractivity contribution in [3.8, 4) is 0 Å². The lowest BCUT2D eigenvalue weighted by atomic mass is 9.90. The topological polar surface area (TPSA) is 49.4 Å². The van der Waals surface area contributed by atoms with Crippen LogP contribution in [0.15, 0.2) is 115 Å². The SMILES string of the molecule is O=C(NC(Cc1ccccc1)C(=O)N1CCc2ccccc2C1)C(c1ccccc1)c1ccccc1. The summed E-state index contributed by atoms with van der Waals surface area (Å²) < 4.78 is 0. The predicted molar refractivity (Wildman–Crippen MR) is 142 cm³/mol. The van der Waals surface area contributed by atoms with Gasteiger partial charge in [0.1, 0.15) is 6.04 Å². The average Bonchev–Trinajstić information content (AvgIpc) is 2.94. The smallest absolute Gasteiger partial charge is 0.245 e. The van der Waals surface area contributed by atoms with E-state index in [1.54, 1.807) is 0 Å². The molecule has 0 aliphatic carbocycles. The van der Waals surface area contributed by atoms with E-state index >= 15 is 0 Å². The van der Waals surface area contributed by atoms with Crippen LogP contribution in [0.1, 0.15) is 33.7 Å². The van der Waals surface area contributed by atoms with E-state index in [-0.39, 0.29) is 11.8 Å². The van der Waals surface area contributed by atoms with Gasteiger partial charge in [-0.15, -0.1) is 0 Å². The zero-order chi connectivity index (χ0) is 24.7. The van der Waals surface area contributed by atoms with Crippen LogP contribution >= 0.6 is 0 Å². The van der Waals surface area contributed by atoms with E-state index in [1.165, 1.54) is 11.1 Å². The van der Waals surface area contributed by atoms with Crippen molar-refractivity contribution in [2.45, 2.75) is 31.3 Å². The summed E-state index contributed by atoms with van der Waals surface area (Å²) in [5.41, 5.74) is 5.29. The number of fused-ring (bicyclic) bond motifs is 1. The zero-order valence-electron chi connectivity index (χ0n) is 20.2. The molecule has 0 fully saturated rings. The van der Waals surface area contributed by atoms with Crippen molar-refractivity contribution >= 4 is 11.8 Å². The molecule has 0 bridgehead atoms. The monoisotopic (exact) mass is 474 g/mol. The van der Waals surface area contributed by atoms with Gasteiger partial charge in [0.2, 0.25) is 11.8 Å². The lowest BCUT2D eigenvalue weighted by Crippen LogP contribution is -2.51. The fourth-order valence-corrected chi connectivity index (χ4v) is 5.00. The summed E-state index contributed by atoms with van der Waals surface area (Å²) in [6, 6.07) is 37.0. The molecule has 1 aliphatic heterocycles. The van der Waals surface area contributed by atoms with Crippen LogP contribution in [0.5, 0.6) is 0 Å². The molecular weight excluding hydrogens is 444 g/mol. The minimum atomic E-state index is -0.653. The highest BCUT2D eigenvalue weighted by Gasteiger charge is 2.31. The van der Waals surface area contributed by atoms with Crippen LogP contribution in [-0.2, 0) is 29.0 Å². The second-order valence-electron chi connectivity index (χ2n) is 9.28. The van der Waals surface area contributed by atoms with Gasteiger partial charge in [-0.25, -0.2) is 0 Å². The van der Waals surface area contributed by atoms with Gasteiger partial charge in [-0.1, -0.05) is 115 Å². The molecule has 4 aromatic carbocycles. The Morgan fingerprint density at radius 2 is 1.22 bits per heavy atom. The molecule has 1 unspecified atom stereocenters. The van der Waals surface area contributed by atoms with Gasteiger partial charge in [-0.3, -0.25) is 9.59 Å². The van der Waals surface area contributed by atoms with Crippen molar-refractivity contribution in [1.82, 2.24) is 10.2 Å². The maximum Gasteiger partial charge on any atom is 0.245 e. The van der Waals surface area contributed by atoms with Crippen molar-refractivity contribution in [3.63, 3.8) is 0 Å². The lowest BCUT2D eigenvalue weighted by molar-refractivity contribution is -0.137. The Balaban J connectivity index is 1.43. The molecule has 1 N–H and O–H groups in total. The van der Waals surface area contributed by atoms with Crippen LogP contribution in [0.3, 0.4) is 0 Å². The van der Waals surface area contributed by atoms with E-state index in [4.69, 9.17) is 0 Å². The van der Waals surface area contributed by atoms with Gasteiger partial charge in [0.25, 0.3) is 0 Å². The Morgan fingerprint density at radius 3 is 1.83 bits per heavy atom. The number of rotatable bonds is 7. The summed E-state index contributed by atoms with van der Waals surface area (Å²) in [7, 11) is 0. The summed E-state index contributed by atoms with van der Waals surface area (Å²) in [5, 5.41) is 3.15. The van der Waals surface area contributed by atoms with E-state index in [0.717, 1.165) is 23.1 Å². The molecule has 4 nitrogen and oxygen atoms in total. The molecule has 1 atom stereocenters. The standard InChI is InChI=1S/C32H30N2O2/c35-31(30(26-15-6-2-7-16-26)27-17-8-3-9-18-27)33-29(22-24-12-4-1-5-13-24)32(36)34-21-20-25-14-10-11-19-28(25)23-34/h1-19,29-30H,20-23H2,(H,33,35). The first-order valence-electron chi connectivity index (χ1n) is 12.5. The molecule has 36 heavy (non-hydrogen) atoms. The Hall–Kier alpha value is -4.18. The molecule has 0 saturated carbocycles. The summed E-state index contributed by atoms with van der Waals surface area (Å²) in [6.45, 7) is 1.22. The quantitative estimate of drug-likeness (QED) is 0.404. The minimum absolute atomic E-state index is 0.0402. The van der Waals surface area contributed by atoms with Crippen molar-refractivity contribution in [3.05, 3.63) is 143 Å². The van der Waals surface area contributed by atoms with Gasteiger partial charge in [0.05, 0.1) is 5.92 Å². The normalized spacial score (nSPS) is 13.6. The Morgan fingerprint density at radius 1 is 0.694 bits per heavy atom. The van der Waals surface area contributed by atoms with Crippen LogP contribution in [0, 0.1) is 0 Å². The van der Waals surface area contributed by atoms with E-state index in [2.05, 4.69) is 17.4 Å². The molecule has 180 valence electrons. The van der Waals surface area contributed by atoms with E-state index in [0.29, 0.717) is 19.5 Å². The summed E-state index contributed by atoms with van der Waals surface area (Å²) >= 11 is 0. The largest absolute Gasteiger partial charge is 0.343 e. The Bertz CT molecular complexity index is 1270. The van der Waals surface area contributed by atoms with Crippen LogP contribution in [0.25, 0.3) is 0 Å². The first-order valence-corrected chi connectivity index (χ1v) is 12.5. The van der Waals surface area contributed by atoms with E-state index in [9.17, 15) is 9.59 Å². The fraction of sp³-hybridized carbons (Fsp3) is 0.188. The molecule has 0 radical (unpaired) electrons. The molecule has 4 aromatic rings. The first kappa shape index (κ1) is 23.6. The van der Waals surface area contributed by atoms with Gasteiger partial charge in [-0.05, 0) is 34.2 Å². The molecule has 1 heterocycles. The lowest BCUT2D eigenvalue weighted by Gasteiger charge is -2.33.